The Morgan fingerprint density at radius 2 is 1.71 bits per heavy atom. The molecule has 4 aromatic rings. The maximum atomic E-state index is 15.6. The van der Waals surface area contributed by atoms with Gasteiger partial charge in [0.1, 0.15) is 33.8 Å². The molecular formula is C29H27ClF3N3O4S. The number of halogens is 4. The molecule has 1 atom stereocenters. The molecule has 0 amide bonds. The highest BCUT2D eigenvalue weighted by atomic mass is 35.5. The smallest absolute Gasteiger partial charge is 0.268 e. The third kappa shape index (κ3) is 6.52. The Hall–Kier alpha value is -3.96. The van der Waals surface area contributed by atoms with E-state index >= 15 is 4.39 Å². The summed E-state index contributed by atoms with van der Waals surface area (Å²) in [6, 6.07) is 15.8. The van der Waals surface area contributed by atoms with Crippen LogP contribution in [0.2, 0.25) is 5.02 Å². The molecule has 1 N–H and O–H groups in total. The van der Waals surface area contributed by atoms with E-state index in [0.717, 1.165) is 22.5 Å². The third-order valence-corrected chi connectivity index (χ3v) is 8.45. The Morgan fingerprint density at radius 1 is 0.951 bits per heavy atom. The van der Waals surface area contributed by atoms with Gasteiger partial charge in [-0.05, 0) is 48.9 Å². The first-order chi connectivity index (χ1) is 19.6. The second kappa shape index (κ2) is 12.7. The molecule has 0 fully saturated rings. The maximum Gasteiger partial charge on any atom is 0.268 e. The van der Waals surface area contributed by atoms with Crippen molar-refractivity contribution in [1.29, 1.82) is 0 Å². The molecule has 3 aromatic carbocycles. The van der Waals surface area contributed by atoms with Crippen molar-refractivity contribution in [3.63, 3.8) is 0 Å². The predicted molar refractivity (Wildman–Crippen MR) is 152 cm³/mol. The lowest BCUT2D eigenvalue weighted by atomic mass is 10.0. The molecule has 0 aliphatic rings. The second-order valence-corrected chi connectivity index (χ2v) is 11.1. The molecule has 0 saturated carbocycles. The standard InChI is InChI=1S/C29H27ClF3N3O4S/c1-4-24(20-8-5-6-9-22(20)31)34-25-16-23(32)27(15-21(25)30)41(37,38)36(29-11-7-10-28(33)35-29)17-18-12-13-19(39-2)14-26(18)40-3/h5-16,24,34H,4,17H2,1-3H3. The topological polar surface area (TPSA) is 80.8 Å². The van der Waals surface area contributed by atoms with Gasteiger partial charge in [0.2, 0.25) is 5.95 Å². The summed E-state index contributed by atoms with van der Waals surface area (Å²) in [5.74, 6) is -2.03. The van der Waals surface area contributed by atoms with Gasteiger partial charge in [0.05, 0.1) is 37.5 Å². The zero-order valence-electron chi connectivity index (χ0n) is 22.4. The lowest BCUT2D eigenvalue weighted by molar-refractivity contribution is 0.391. The number of nitrogens with one attached hydrogen (secondary N) is 1. The van der Waals surface area contributed by atoms with Crippen LogP contribution in [0.15, 0.2) is 77.7 Å². The van der Waals surface area contributed by atoms with Crippen LogP contribution in [0.3, 0.4) is 0 Å². The monoisotopic (exact) mass is 605 g/mol. The van der Waals surface area contributed by atoms with Gasteiger partial charge in [0.25, 0.3) is 10.0 Å². The number of aromatic nitrogens is 1. The van der Waals surface area contributed by atoms with E-state index in [0.29, 0.717) is 23.3 Å². The lowest BCUT2D eigenvalue weighted by Crippen LogP contribution is -2.32. The number of pyridine rings is 1. The minimum Gasteiger partial charge on any atom is -0.497 e. The van der Waals surface area contributed by atoms with E-state index in [-0.39, 0.29) is 28.8 Å². The molecule has 0 aliphatic heterocycles. The fraction of sp³-hybridized carbons (Fsp3) is 0.207. The number of nitrogens with zero attached hydrogens (tertiary/aromatic N) is 2. The van der Waals surface area contributed by atoms with Crippen LogP contribution in [0.1, 0.15) is 30.5 Å². The predicted octanol–water partition coefficient (Wildman–Crippen LogP) is 7.13. The van der Waals surface area contributed by atoms with Crippen LogP contribution in [-0.4, -0.2) is 27.6 Å². The van der Waals surface area contributed by atoms with Crippen LogP contribution in [0.5, 0.6) is 11.5 Å². The maximum absolute atomic E-state index is 15.6. The van der Waals surface area contributed by atoms with E-state index in [9.17, 15) is 17.2 Å². The van der Waals surface area contributed by atoms with Gasteiger partial charge in [-0.2, -0.15) is 4.39 Å². The van der Waals surface area contributed by atoms with Gasteiger partial charge in [0, 0.05) is 17.2 Å². The van der Waals surface area contributed by atoms with Gasteiger partial charge in [-0.15, -0.1) is 0 Å². The van der Waals surface area contributed by atoms with Gasteiger partial charge < -0.3 is 14.8 Å². The van der Waals surface area contributed by atoms with Crippen LogP contribution < -0.4 is 19.1 Å². The largest absolute Gasteiger partial charge is 0.497 e. The number of anilines is 2. The first-order valence-corrected chi connectivity index (χ1v) is 14.3. The molecule has 7 nitrogen and oxygen atoms in total. The normalized spacial score (nSPS) is 12.1. The quantitative estimate of drug-likeness (QED) is 0.183. The molecule has 12 heteroatoms. The SMILES string of the molecule is CCC(Nc1cc(F)c(S(=O)(=O)N(Cc2ccc(OC)cc2OC)c2cccc(F)n2)cc1Cl)c1ccccc1F. The summed E-state index contributed by atoms with van der Waals surface area (Å²) in [5, 5.41) is 2.88. The Morgan fingerprint density at radius 3 is 2.37 bits per heavy atom. The highest BCUT2D eigenvalue weighted by Gasteiger charge is 2.31. The molecule has 0 radical (unpaired) electrons. The number of hydrogen-bond acceptors (Lipinski definition) is 6. The third-order valence-electron chi connectivity index (χ3n) is 6.37. The molecule has 41 heavy (non-hydrogen) atoms. The summed E-state index contributed by atoms with van der Waals surface area (Å²) in [5.41, 5.74) is 0.800. The van der Waals surface area contributed by atoms with Gasteiger partial charge in [-0.3, -0.25) is 0 Å². The van der Waals surface area contributed by atoms with Gasteiger partial charge in [-0.25, -0.2) is 26.5 Å². The van der Waals surface area contributed by atoms with Crippen molar-refractivity contribution >= 4 is 33.1 Å². The number of rotatable bonds is 11. The molecule has 4 rings (SSSR count). The first-order valence-electron chi connectivity index (χ1n) is 12.4. The van der Waals surface area contributed by atoms with E-state index in [4.69, 9.17) is 21.1 Å². The van der Waals surface area contributed by atoms with Crippen LogP contribution >= 0.6 is 11.6 Å². The first kappa shape index (κ1) is 30.0. The van der Waals surface area contributed by atoms with E-state index < -0.39 is 38.5 Å². The minimum atomic E-state index is -4.70. The molecular weight excluding hydrogens is 579 g/mol. The second-order valence-electron chi connectivity index (χ2n) is 8.90. The van der Waals surface area contributed by atoms with Crippen molar-refractivity contribution in [2.24, 2.45) is 0 Å². The number of methoxy groups -OCH3 is 2. The van der Waals surface area contributed by atoms with E-state index in [2.05, 4.69) is 10.3 Å². The lowest BCUT2D eigenvalue weighted by Gasteiger charge is -2.25. The fourth-order valence-corrected chi connectivity index (χ4v) is 6.01. The number of benzene rings is 3. The summed E-state index contributed by atoms with van der Waals surface area (Å²) in [7, 11) is -1.84. The molecule has 0 spiro atoms. The molecule has 0 saturated heterocycles. The molecule has 0 bridgehead atoms. The van der Waals surface area contributed by atoms with E-state index in [1.54, 1.807) is 36.4 Å². The van der Waals surface area contributed by atoms with Crippen LogP contribution in [-0.2, 0) is 16.6 Å². The summed E-state index contributed by atoms with van der Waals surface area (Å²) >= 11 is 6.44. The van der Waals surface area contributed by atoms with Crippen molar-refractivity contribution in [3.8, 4) is 11.5 Å². The highest BCUT2D eigenvalue weighted by Crippen LogP contribution is 2.36. The highest BCUT2D eigenvalue weighted by molar-refractivity contribution is 7.92. The Kier molecular flexibility index (Phi) is 9.29. The summed E-state index contributed by atoms with van der Waals surface area (Å²) in [6.45, 7) is 1.43. The van der Waals surface area contributed by atoms with Gasteiger partial charge >= 0.3 is 0 Å². The fourth-order valence-electron chi connectivity index (χ4n) is 4.26. The van der Waals surface area contributed by atoms with Crippen molar-refractivity contribution in [2.45, 2.75) is 30.8 Å². The zero-order chi connectivity index (χ0) is 29.7. The average molecular weight is 606 g/mol. The van der Waals surface area contributed by atoms with Crippen LogP contribution in [0.25, 0.3) is 0 Å². The molecule has 1 aromatic heterocycles. The summed E-state index contributed by atoms with van der Waals surface area (Å²) < 4.78 is 83.3. The Labute approximate surface area is 241 Å². The van der Waals surface area contributed by atoms with Crippen molar-refractivity contribution < 1.29 is 31.1 Å². The molecule has 1 heterocycles. The molecule has 216 valence electrons. The van der Waals surface area contributed by atoms with Crippen molar-refractivity contribution in [2.75, 3.05) is 23.8 Å². The van der Waals surface area contributed by atoms with E-state index in [1.807, 2.05) is 6.92 Å². The zero-order valence-corrected chi connectivity index (χ0v) is 23.9. The summed E-state index contributed by atoms with van der Waals surface area (Å²) in [6.07, 6.45) is 0.432. The number of ether oxygens (including phenoxy) is 2. The van der Waals surface area contributed by atoms with Gasteiger partial charge in [-0.1, -0.05) is 42.8 Å². The summed E-state index contributed by atoms with van der Waals surface area (Å²) in [4.78, 5) is 2.97. The molecule has 1 unspecified atom stereocenters. The number of sulfonamides is 1. The van der Waals surface area contributed by atoms with Crippen molar-refractivity contribution in [1.82, 2.24) is 4.98 Å². The van der Waals surface area contributed by atoms with Crippen LogP contribution in [0.4, 0.5) is 24.7 Å². The minimum absolute atomic E-state index is 0.0745. The van der Waals surface area contributed by atoms with Crippen molar-refractivity contribution in [3.05, 3.63) is 107 Å². The van der Waals surface area contributed by atoms with E-state index in [1.165, 1.54) is 32.4 Å². The molecule has 0 aliphatic carbocycles. The number of hydrogen-bond donors (Lipinski definition) is 1. The van der Waals surface area contributed by atoms with Crippen LogP contribution in [0, 0.1) is 17.6 Å². The Bertz CT molecular complexity index is 1660. The van der Waals surface area contributed by atoms with Gasteiger partial charge in [0.15, 0.2) is 0 Å². The Balaban J connectivity index is 1.76. The average Bonchev–Trinajstić information content (AvgIpc) is 2.96.